The van der Waals surface area contributed by atoms with Crippen molar-refractivity contribution in [2.24, 2.45) is 0 Å². The number of carboxylic acids is 1. The van der Waals surface area contributed by atoms with Crippen LogP contribution in [0.25, 0.3) is 6.08 Å². The van der Waals surface area contributed by atoms with Crippen LogP contribution in [-0.2, 0) is 16.1 Å². The third-order valence-electron chi connectivity index (χ3n) is 3.09. The molecule has 112 valence electrons. The van der Waals surface area contributed by atoms with E-state index in [-0.39, 0.29) is 5.91 Å². The summed E-state index contributed by atoms with van der Waals surface area (Å²) in [6, 6.07) is 10.9. The highest BCUT2D eigenvalue weighted by Gasteiger charge is 2.11. The summed E-state index contributed by atoms with van der Waals surface area (Å²) in [4.78, 5) is 28.0. The van der Waals surface area contributed by atoms with E-state index in [4.69, 9.17) is 5.11 Å². The lowest BCUT2D eigenvalue weighted by Gasteiger charge is -2.21. The van der Waals surface area contributed by atoms with Crippen molar-refractivity contribution in [1.82, 2.24) is 4.98 Å². The largest absolute Gasteiger partial charge is 0.478 e. The van der Waals surface area contributed by atoms with Crippen LogP contribution in [0.2, 0.25) is 0 Å². The van der Waals surface area contributed by atoms with Crippen molar-refractivity contribution < 1.29 is 14.7 Å². The van der Waals surface area contributed by atoms with Crippen molar-refractivity contribution >= 4 is 23.6 Å². The minimum atomic E-state index is -0.993. The molecular formula is C17H16N2O3. The molecular weight excluding hydrogens is 280 g/mol. The number of benzene rings is 1. The quantitative estimate of drug-likeness (QED) is 0.861. The second kappa shape index (κ2) is 7.17. The van der Waals surface area contributed by atoms with Crippen LogP contribution >= 0.6 is 0 Å². The Morgan fingerprint density at radius 1 is 1.14 bits per heavy atom. The Morgan fingerprint density at radius 3 is 2.32 bits per heavy atom. The van der Waals surface area contributed by atoms with E-state index in [0.29, 0.717) is 6.54 Å². The molecule has 5 nitrogen and oxygen atoms in total. The van der Waals surface area contributed by atoms with Gasteiger partial charge in [0.1, 0.15) is 0 Å². The molecule has 0 aliphatic rings. The van der Waals surface area contributed by atoms with Crippen LogP contribution in [0.4, 0.5) is 5.69 Å². The topological polar surface area (TPSA) is 70.5 Å². The fourth-order valence-electron chi connectivity index (χ4n) is 1.99. The first-order valence-corrected chi connectivity index (χ1v) is 6.74. The van der Waals surface area contributed by atoms with Gasteiger partial charge in [0.25, 0.3) is 0 Å². The Hall–Kier alpha value is -2.95. The van der Waals surface area contributed by atoms with Crippen LogP contribution < -0.4 is 4.90 Å². The van der Waals surface area contributed by atoms with Gasteiger partial charge in [-0.1, -0.05) is 12.1 Å². The predicted molar refractivity (Wildman–Crippen MR) is 84.2 cm³/mol. The van der Waals surface area contributed by atoms with Crippen LogP contribution in [-0.4, -0.2) is 22.0 Å². The molecule has 2 rings (SSSR count). The molecule has 2 aromatic rings. The Balaban J connectivity index is 2.19. The number of carbonyl (C=O) groups excluding carboxylic acids is 1. The molecule has 22 heavy (non-hydrogen) atoms. The monoisotopic (exact) mass is 296 g/mol. The molecule has 0 atom stereocenters. The van der Waals surface area contributed by atoms with Crippen LogP contribution in [0.1, 0.15) is 18.1 Å². The van der Waals surface area contributed by atoms with Gasteiger partial charge in [-0.25, -0.2) is 4.79 Å². The third kappa shape index (κ3) is 4.28. The van der Waals surface area contributed by atoms with Crippen molar-refractivity contribution in [2.45, 2.75) is 13.5 Å². The molecule has 0 aliphatic heterocycles. The van der Waals surface area contributed by atoms with Gasteiger partial charge in [0.15, 0.2) is 0 Å². The van der Waals surface area contributed by atoms with Gasteiger partial charge >= 0.3 is 5.97 Å². The van der Waals surface area contributed by atoms with E-state index in [0.717, 1.165) is 22.9 Å². The van der Waals surface area contributed by atoms with E-state index in [9.17, 15) is 9.59 Å². The molecule has 5 heteroatoms. The van der Waals surface area contributed by atoms with Gasteiger partial charge in [0.2, 0.25) is 5.91 Å². The summed E-state index contributed by atoms with van der Waals surface area (Å²) in [5, 5.41) is 8.61. The Labute approximate surface area is 128 Å². The number of hydrogen-bond donors (Lipinski definition) is 1. The molecule has 0 bridgehead atoms. The van der Waals surface area contributed by atoms with E-state index in [1.54, 1.807) is 41.6 Å². The Kier molecular flexibility index (Phi) is 5.03. The standard InChI is InChI=1S/C17H16N2O3/c1-13(20)19(12-15-8-10-18-11-9-15)16-5-2-14(3-6-16)4-7-17(21)22/h2-11H,12H2,1H3,(H,21,22)/b7-4+. The van der Waals surface area contributed by atoms with Crippen molar-refractivity contribution in [3.8, 4) is 0 Å². The zero-order valence-electron chi connectivity index (χ0n) is 12.1. The summed E-state index contributed by atoms with van der Waals surface area (Å²) in [6.07, 6.45) is 5.96. The van der Waals surface area contributed by atoms with Crippen LogP contribution in [0.15, 0.2) is 54.9 Å². The van der Waals surface area contributed by atoms with Crippen molar-refractivity contribution in [3.63, 3.8) is 0 Å². The van der Waals surface area contributed by atoms with E-state index < -0.39 is 5.97 Å². The molecule has 0 aliphatic carbocycles. The predicted octanol–water partition coefficient (Wildman–Crippen LogP) is 2.73. The fraction of sp³-hybridized carbons (Fsp3) is 0.118. The van der Waals surface area contributed by atoms with E-state index in [1.165, 1.54) is 13.0 Å². The molecule has 1 aromatic heterocycles. The summed E-state index contributed by atoms with van der Waals surface area (Å²) < 4.78 is 0. The highest BCUT2D eigenvalue weighted by molar-refractivity contribution is 5.91. The van der Waals surface area contributed by atoms with Crippen molar-refractivity contribution in [3.05, 3.63) is 66.0 Å². The first-order chi connectivity index (χ1) is 10.6. The maximum absolute atomic E-state index is 11.9. The minimum absolute atomic E-state index is 0.0642. The highest BCUT2D eigenvalue weighted by atomic mass is 16.4. The van der Waals surface area contributed by atoms with Crippen LogP contribution in [0, 0.1) is 0 Å². The number of carboxylic acid groups (broad SMARTS) is 1. The Morgan fingerprint density at radius 2 is 1.77 bits per heavy atom. The molecule has 0 saturated heterocycles. The molecule has 1 heterocycles. The number of pyridine rings is 1. The van der Waals surface area contributed by atoms with Crippen molar-refractivity contribution in [2.75, 3.05) is 4.90 Å². The van der Waals surface area contributed by atoms with Crippen LogP contribution in [0.3, 0.4) is 0 Å². The van der Waals surface area contributed by atoms with Crippen LogP contribution in [0.5, 0.6) is 0 Å². The molecule has 0 fully saturated rings. The number of carbonyl (C=O) groups is 2. The summed E-state index contributed by atoms with van der Waals surface area (Å²) in [5.41, 5.74) is 2.51. The number of aliphatic carboxylic acids is 1. The third-order valence-corrected chi connectivity index (χ3v) is 3.09. The lowest BCUT2D eigenvalue weighted by Crippen LogP contribution is -2.27. The number of rotatable bonds is 5. The maximum Gasteiger partial charge on any atom is 0.328 e. The summed E-state index contributed by atoms with van der Waals surface area (Å²) in [7, 11) is 0. The number of hydrogen-bond acceptors (Lipinski definition) is 3. The number of amides is 1. The normalized spacial score (nSPS) is 10.6. The SMILES string of the molecule is CC(=O)N(Cc1ccncc1)c1ccc(/C=C/C(=O)O)cc1. The van der Waals surface area contributed by atoms with Gasteiger partial charge < -0.3 is 10.0 Å². The molecule has 1 N–H and O–H groups in total. The zero-order chi connectivity index (χ0) is 15.9. The second-order valence-corrected chi connectivity index (χ2v) is 4.72. The first kappa shape index (κ1) is 15.4. The van der Waals surface area contributed by atoms with Gasteiger partial charge in [-0.2, -0.15) is 0 Å². The molecule has 0 saturated carbocycles. The highest BCUT2D eigenvalue weighted by Crippen LogP contribution is 2.19. The van der Waals surface area contributed by atoms with E-state index in [2.05, 4.69) is 4.98 Å². The summed E-state index contributed by atoms with van der Waals surface area (Å²) >= 11 is 0. The molecule has 1 amide bonds. The zero-order valence-corrected chi connectivity index (χ0v) is 12.1. The maximum atomic E-state index is 11.9. The summed E-state index contributed by atoms with van der Waals surface area (Å²) in [6.45, 7) is 1.97. The average Bonchev–Trinajstić information content (AvgIpc) is 2.52. The molecule has 0 unspecified atom stereocenters. The first-order valence-electron chi connectivity index (χ1n) is 6.74. The fourth-order valence-corrected chi connectivity index (χ4v) is 1.99. The van der Waals surface area contributed by atoms with E-state index >= 15 is 0 Å². The molecule has 0 spiro atoms. The van der Waals surface area contributed by atoms with Crippen molar-refractivity contribution in [1.29, 1.82) is 0 Å². The number of aromatic nitrogens is 1. The molecule has 1 aromatic carbocycles. The van der Waals surface area contributed by atoms with Gasteiger partial charge in [0.05, 0.1) is 6.54 Å². The lowest BCUT2D eigenvalue weighted by molar-refractivity contribution is -0.131. The Bertz CT molecular complexity index is 679. The number of nitrogens with zero attached hydrogens (tertiary/aromatic N) is 2. The second-order valence-electron chi connectivity index (χ2n) is 4.72. The molecule has 0 radical (unpaired) electrons. The van der Waals surface area contributed by atoms with E-state index in [1.807, 2.05) is 12.1 Å². The summed E-state index contributed by atoms with van der Waals surface area (Å²) in [5.74, 6) is -1.06. The van der Waals surface area contributed by atoms with Gasteiger partial charge in [-0.05, 0) is 41.5 Å². The van der Waals surface area contributed by atoms with Gasteiger partial charge in [-0.15, -0.1) is 0 Å². The van der Waals surface area contributed by atoms with Gasteiger partial charge in [0, 0.05) is 31.1 Å². The van der Waals surface area contributed by atoms with Gasteiger partial charge in [-0.3, -0.25) is 9.78 Å². The minimum Gasteiger partial charge on any atom is -0.478 e. The lowest BCUT2D eigenvalue weighted by atomic mass is 10.1. The average molecular weight is 296 g/mol. The number of anilines is 1. The smallest absolute Gasteiger partial charge is 0.328 e.